The molecule has 98 valence electrons. The Morgan fingerprint density at radius 2 is 2.00 bits per heavy atom. The standard InChI is InChI=1S/C13H12N2O3S/c1-8(11(14)16)18-13(17)10-7-19-12(15-10)9-5-3-2-4-6-9/h2-8H,1H3,(H2,14,16)/t8-/m1/s1. The van der Waals surface area contributed by atoms with Gasteiger partial charge in [0.2, 0.25) is 0 Å². The lowest BCUT2D eigenvalue weighted by Gasteiger charge is -2.07. The van der Waals surface area contributed by atoms with Crippen LogP contribution in [0.5, 0.6) is 0 Å². The van der Waals surface area contributed by atoms with Gasteiger partial charge < -0.3 is 10.5 Å². The molecule has 0 aliphatic carbocycles. The number of benzene rings is 1. The predicted molar refractivity (Wildman–Crippen MR) is 71.6 cm³/mol. The van der Waals surface area contributed by atoms with Crippen molar-refractivity contribution in [1.29, 1.82) is 0 Å². The molecule has 1 atom stereocenters. The van der Waals surface area contributed by atoms with E-state index in [4.69, 9.17) is 10.5 Å². The van der Waals surface area contributed by atoms with Crippen LogP contribution >= 0.6 is 11.3 Å². The van der Waals surface area contributed by atoms with Gasteiger partial charge in [-0.2, -0.15) is 0 Å². The average molecular weight is 276 g/mol. The van der Waals surface area contributed by atoms with E-state index in [0.717, 1.165) is 10.6 Å². The number of carbonyl (C=O) groups is 2. The van der Waals surface area contributed by atoms with E-state index in [0.29, 0.717) is 0 Å². The number of thiazole rings is 1. The highest BCUT2D eigenvalue weighted by Crippen LogP contribution is 2.23. The molecule has 0 fully saturated rings. The number of primary amides is 1. The summed E-state index contributed by atoms with van der Waals surface area (Å²) in [7, 11) is 0. The molecule has 0 saturated heterocycles. The molecule has 2 aromatic rings. The number of rotatable bonds is 4. The summed E-state index contributed by atoms with van der Waals surface area (Å²) in [5.74, 6) is -1.34. The van der Waals surface area contributed by atoms with E-state index in [1.807, 2.05) is 30.3 Å². The average Bonchev–Trinajstić information content (AvgIpc) is 2.89. The van der Waals surface area contributed by atoms with Gasteiger partial charge in [-0.25, -0.2) is 9.78 Å². The van der Waals surface area contributed by atoms with Gasteiger partial charge in [0, 0.05) is 10.9 Å². The second-order valence-electron chi connectivity index (χ2n) is 3.85. The number of aromatic nitrogens is 1. The zero-order chi connectivity index (χ0) is 13.8. The van der Waals surface area contributed by atoms with E-state index >= 15 is 0 Å². The van der Waals surface area contributed by atoms with Crippen LogP contribution in [-0.2, 0) is 9.53 Å². The van der Waals surface area contributed by atoms with Gasteiger partial charge in [-0.1, -0.05) is 30.3 Å². The van der Waals surface area contributed by atoms with Gasteiger partial charge >= 0.3 is 5.97 Å². The van der Waals surface area contributed by atoms with Gasteiger partial charge in [-0.05, 0) is 6.92 Å². The van der Waals surface area contributed by atoms with Crippen molar-refractivity contribution in [3.8, 4) is 10.6 Å². The van der Waals surface area contributed by atoms with Crippen LogP contribution < -0.4 is 5.73 Å². The number of hydrogen-bond donors (Lipinski definition) is 1. The van der Waals surface area contributed by atoms with E-state index in [1.54, 1.807) is 5.38 Å². The monoisotopic (exact) mass is 276 g/mol. The molecule has 2 N–H and O–H groups in total. The van der Waals surface area contributed by atoms with Crippen molar-refractivity contribution in [2.45, 2.75) is 13.0 Å². The summed E-state index contributed by atoms with van der Waals surface area (Å²) in [6.45, 7) is 1.42. The Labute approximate surface area is 114 Å². The molecule has 19 heavy (non-hydrogen) atoms. The first-order valence-electron chi connectivity index (χ1n) is 5.59. The lowest BCUT2D eigenvalue weighted by atomic mass is 10.2. The lowest BCUT2D eigenvalue weighted by Crippen LogP contribution is -2.30. The fourth-order valence-electron chi connectivity index (χ4n) is 1.36. The third kappa shape index (κ3) is 3.17. The van der Waals surface area contributed by atoms with Crippen molar-refractivity contribution in [2.75, 3.05) is 0 Å². The molecule has 0 spiro atoms. The van der Waals surface area contributed by atoms with Crippen LogP contribution in [0.25, 0.3) is 10.6 Å². The van der Waals surface area contributed by atoms with Crippen LogP contribution in [0.15, 0.2) is 35.7 Å². The van der Waals surface area contributed by atoms with Crippen LogP contribution in [0.3, 0.4) is 0 Å². The Hall–Kier alpha value is -2.21. The Morgan fingerprint density at radius 3 is 2.63 bits per heavy atom. The molecule has 0 saturated carbocycles. The van der Waals surface area contributed by atoms with E-state index in [-0.39, 0.29) is 5.69 Å². The Morgan fingerprint density at radius 1 is 1.32 bits per heavy atom. The normalized spacial score (nSPS) is 11.8. The summed E-state index contributed by atoms with van der Waals surface area (Å²) >= 11 is 1.34. The van der Waals surface area contributed by atoms with Gasteiger partial charge in [-0.3, -0.25) is 4.79 Å². The number of esters is 1. The molecule has 0 aliphatic heterocycles. The van der Waals surface area contributed by atoms with Crippen molar-refractivity contribution in [1.82, 2.24) is 4.98 Å². The van der Waals surface area contributed by atoms with E-state index in [2.05, 4.69) is 4.98 Å². The summed E-state index contributed by atoms with van der Waals surface area (Å²) < 4.78 is 4.88. The third-order valence-corrected chi connectivity index (χ3v) is 3.31. The number of hydrogen-bond acceptors (Lipinski definition) is 5. The van der Waals surface area contributed by atoms with Crippen molar-refractivity contribution in [3.63, 3.8) is 0 Å². The van der Waals surface area contributed by atoms with Crippen LogP contribution in [0.2, 0.25) is 0 Å². The molecular formula is C13H12N2O3S. The molecule has 1 heterocycles. The highest BCUT2D eigenvalue weighted by Gasteiger charge is 2.18. The summed E-state index contributed by atoms with van der Waals surface area (Å²) in [5.41, 5.74) is 6.13. The molecule has 1 aromatic heterocycles. The molecule has 1 amide bonds. The topological polar surface area (TPSA) is 82.3 Å². The minimum atomic E-state index is -0.964. The molecule has 2 rings (SSSR count). The van der Waals surface area contributed by atoms with Gasteiger partial charge in [0.1, 0.15) is 5.01 Å². The first kappa shape index (κ1) is 13.2. The van der Waals surface area contributed by atoms with Gasteiger partial charge in [0.05, 0.1) is 0 Å². The molecule has 1 aromatic carbocycles. The first-order chi connectivity index (χ1) is 9.08. The van der Waals surface area contributed by atoms with Gasteiger partial charge in [-0.15, -0.1) is 11.3 Å². The number of ether oxygens (including phenoxy) is 1. The maximum Gasteiger partial charge on any atom is 0.358 e. The molecule has 0 radical (unpaired) electrons. The van der Waals surface area contributed by atoms with Crippen LogP contribution in [0.1, 0.15) is 17.4 Å². The minimum absolute atomic E-state index is 0.178. The van der Waals surface area contributed by atoms with Crippen molar-refractivity contribution in [3.05, 3.63) is 41.4 Å². The SMILES string of the molecule is C[C@@H](OC(=O)c1csc(-c2ccccc2)n1)C(N)=O. The van der Waals surface area contributed by atoms with Crippen molar-refractivity contribution < 1.29 is 14.3 Å². The molecule has 0 aliphatic rings. The van der Waals surface area contributed by atoms with E-state index in [1.165, 1.54) is 18.3 Å². The second-order valence-corrected chi connectivity index (χ2v) is 4.71. The summed E-state index contributed by atoms with van der Waals surface area (Å²) in [6, 6.07) is 9.49. The molecule has 6 heteroatoms. The highest BCUT2D eigenvalue weighted by atomic mass is 32.1. The largest absolute Gasteiger partial charge is 0.448 e. The fraction of sp³-hybridized carbons (Fsp3) is 0.154. The summed E-state index contributed by atoms with van der Waals surface area (Å²) in [6.07, 6.45) is -0.964. The van der Waals surface area contributed by atoms with E-state index < -0.39 is 18.0 Å². The smallest absolute Gasteiger partial charge is 0.358 e. The number of nitrogens with zero attached hydrogens (tertiary/aromatic N) is 1. The zero-order valence-corrected chi connectivity index (χ0v) is 11.0. The Bertz CT molecular complexity index is 595. The van der Waals surface area contributed by atoms with E-state index in [9.17, 15) is 9.59 Å². The Kier molecular flexibility index (Phi) is 3.91. The number of nitrogens with two attached hydrogens (primary N) is 1. The first-order valence-corrected chi connectivity index (χ1v) is 6.47. The maximum absolute atomic E-state index is 11.7. The minimum Gasteiger partial charge on any atom is -0.448 e. The van der Waals surface area contributed by atoms with Gasteiger partial charge in [0.15, 0.2) is 11.8 Å². The van der Waals surface area contributed by atoms with Crippen LogP contribution in [0.4, 0.5) is 0 Å². The summed E-state index contributed by atoms with van der Waals surface area (Å²) in [5, 5.41) is 2.32. The summed E-state index contributed by atoms with van der Waals surface area (Å²) in [4.78, 5) is 26.7. The maximum atomic E-state index is 11.7. The second kappa shape index (κ2) is 5.62. The quantitative estimate of drug-likeness (QED) is 0.864. The van der Waals surface area contributed by atoms with Crippen molar-refractivity contribution >= 4 is 23.2 Å². The molecule has 5 nitrogen and oxygen atoms in total. The fourth-order valence-corrected chi connectivity index (χ4v) is 2.16. The number of carbonyl (C=O) groups excluding carboxylic acids is 2. The molecular weight excluding hydrogens is 264 g/mol. The highest BCUT2D eigenvalue weighted by molar-refractivity contribution is 7.13. The van der Waals surface area contributed by atoms with Crippen LogP contribution in [0, 0.1) is 0 Å². The lowest BCUT2D eigenvalue weighted by molar-refractivity contribution is -0.125. The number of amides is 1. The zero-order valence-electron chi connectivity index (χ0n) is 10.2. The van der Waals surface area contributed by atoms with Gasteiger partial charge in [0.25, 0.3) is 5.91 Å². The predicted octanol–water partition coefficient (Wildman–Crippen LogP) is 1.84. The van der Waals surface area contributed by atoms with Crippen molar-refractivity contribution in [2.24, 2.45) is 5.73 Å². The Balaban J connectivity index is 2.13. The third-order valence-electron chi connectivity index (χ3n) is 2.42. The molecule has 0 bridgehead atoms. The van der Waals surface area contributed by atoms with Crippen LogP contribution in [-0.4, -0.2) is 23.0 Å². The molecule has 0 unspecified atom stereocenters.